The van der Waals surface area contributed by atoms with E-state index in [4.69, 9.17) is 21.1 Å². The summed E-state index contributed by atoms with van der Waals surface area (Å²) in [5.41, 5.74) is 1.77. The number of H-pyrrole nitrogens is 1. The molecule has 2 fully saturated rings. The first kappa shape index (κ1) is 30.6. The van der Waals surface area contributed by atoms with Gasteiger partial charge in [-0.1, -0.05) is 11.6 Å². The van der Waals surface area contributed by atoms with E-state index in [0.717, 1.165) is 10.6 Å². The number of aryl methyl sites for hydroxylation is 1. The van der Waals surface area contributed by atoms with Crippen LogP contribution in [0.2, 0.25) is 5.02 Å². The molecule has 0 spiro atoms. The lowest BCUT2D eigenvalue weighted by Gasteiger charge is -2.43. The molecule has 1 saturated carbocycles. The monoisotopic (exact) mass is 627 g/mol. The zero-order valence-electron chi connectivity index (χ0n) is 23.7. The summed E-state index contributed by atoms with van der Waals surface area (Å²) in [5.74, 6) is -2.87. The number of fused-ring (bicyclic) bond motifs is 1. The van der Waals surface area contributed by atoms with Crippen molar-refractivity contribution in [3.05, 3.63) is 49.9 Å². The van der Waals surface area contributed by atoms with Crippen LogP contribution < -0.4 is 20.3 Å². The van der Waals surface area contributed by atoms with E-state index in [1.807, 2.05) is 12.3 Å². The van der Waals surface area contributed by atoms with Crippen LogP contribution in [0.1, 0.15) is 59.8 Å². The predicted molar refractivity (Wildman–Crippen MR) is 152 cm³/mol. The summed E-state index contributed by atoms with van der Waals surface area (Å²) < 4.78 is 51.1. The van der Waals surface area contributed by atoms with Gasteiger partial charge in [-0.15, -0.1) is 11.8 Å². The van der Waals surface area contributed by atoms with Crippen LogP contribution in [-0.4, -0.2) is 53.0 Å². The average molecular weight is 628 g/mol. The van der Waals surface area contributed by atoms with Crippen LogP contribution in [-0.2, 0) is 11.3 Å². The normalized spacial score (nSPS) is 24.0. The lowest BCUT2D eigenvalue weighted by Crippen LogP contribution is -2.57. The maximum Gasteiger partial charge on any atom is 0.395 e. The van der Waals surface area contributed by atoms with Crippen molar-refractivity contribution >= 4 is 35.2 Å². The van der Waals surface area contributed by atoms with E-state index in [0.29, 0.717) is 53.9 Å². The summed E-state index contributed by atoms with van der Waals surface area (Å²) in [6.07, 6.45) is -0.193. The highest BCUT2D eigenvalue weighted by molar-refractivity contribution is 7.98. The number of halogens is 4. The quantitative estimate of drug-likeness (QED) is 0.404. The molecule has 0 bridgehead atoms. The van der Waals surface area contributed by atoms with Crippen LogP contribution in [0.15, 0.2) is 21.8 Å². The number of nitrogens with one attached hydrogen (secondary N) is 2. The molecule has 8 nitrogen and oxygen atoms in total. The smallest absolute Gasteiger partial charge is 0.395 e. The minimum absolute atomic E-state index is 0.0318. The van der Waals surface area contributed by atoms with Gasteiger partial charge in [0.1, 0.15) is 0 Å². The number of carbonyl (C=O) groups excluding carboxylic acids is 2. The number of pyridine rings is 1. The Kier molecular flexibility index (Phi) is 8.25. The molecule has 1 unspecified atom stereocenters. The number of nitrogens with zero attached hydrogens (tertiary/aromatic N) is 1. The van der Waals surface area contributed by atoms with Gasteiger partial charge in [0.2, 0.25) is 5.91 Å². The van der Waals surface area contributed by atoms with Crippen LogP contribution in [0.25, 0.3) is 0 Å². The molecular formula is C29H33ClF3N3O5S. The fourth-order valence-electron chi connectivity index (χ4n) is 6.04. The van der Waals surface area contributed by atoms with Crippen LogP contribution in [0.5, 0.6) is 11.5 Å². The molecule has 2 amide bonds. The number of ether oxygens (including phenoxy) is 2. The Morgan fingerprint density at radius 3 is 2.40 bits per heavy atom. The molecule has 3 heterocycles. The van der Waals surface area contributed by atoms with Gasteiger partial charge >= 0.3 is 6.18 Å². The van der Waals surface area contributed by atoms with Crippen molar-refractivity contribution in [1.82, 2.24) is 15.2 Å². The third-order valence-electron chi connectivity index (χ3n) is 8.64. The summed E-state index contributed by atoms with van der Waals surface area (Å²) in [6.45, 7) is 4.83. The molecule has 3 aliphatic rings. The summed E-state index contributed by atoms with van der Waals surface area (Å²) in [7, 11) is 0. The first-order valence-corrected chi connectivity index (χ1v) is 15.4. The van der Waals surface area contributed by atoms with Crippen molar-refractivity contribution in [1.29, 1.82) is 0 Å². The number of amides is 2. The summed E-state index contributed by atoms with van der Waals surface area (Å²) >= 11 is 7.98. The fraction of sp³-hybridized carbons (Fsp3) is 0.552. The third-order valence-corrected chi connectivity index (χ3v) is 9.73. The van der Waals surface area contributed by atoms with Crippen molar-refractivity contribution in [2.24, 2.45) is 17.8 Å². The Morgan fingerprint density at radius 2 is 1.79 bits per heavy atom. The second-order valence-electron chi connectivity index (χ2n) is 11.5. The van der Waals surface area contributed by atoms with Gasteiger partial charge in [0.05, 0.1) is 10.9 Å². The van der Waals surface area contributed by atoms with Crippen LogP contribution >= 0.6 is 23.4 Å². The Labute approximate surface area is 250 Å². The molecule has 5 rings (SSSR count). The summed E-state index contributed by atoms with van der Waals surface area (Å²) in [5, 5.41) is 3.02. The number of carbonyl (C=O) groups is 2. The molecule has 1 aromatic carbocycles. The first-order valence-electron chi connectivity index (χ1n) is 13.8. The van der Waals surface area contributed by atoms with Crippen molar-refractivity contribution in [2.75, 3.05) is 19.3 Å². The Morgan fingerprint density at radius 1 is 1.14 bits per heavy atom. The molecule has 1 aromatic heterocycles. The number of aromatic nitrogens is 1. The van der Waals surface area contributed by atoms with E-state index in [2.05, 4.69) is 10.3 Å². The van der Waals surface area contributed by atoms with Crippen LogP contribution in [0, 0.1) is 31.6 Å². The van der Waals surface area contributed by atoms with Gasteiger partial charge in [-0.25, -0.2) is 0 Å². The number of thioether (sulfide) groups is 1. The number of aromatic amines is 1. The Balaban J connectivity index is 1.23. The van der Waals surface area contributed by atoms with Crippen molar-refractivity contribution in [3.63, 3.8) is 0 Å². The standard InChI is InChI=1S/C29H33ClF3N3O5S/c1-14-9-22(42-4)20(26(38)35-14)11-34-25(37)19-10-21(30)24-23(15(19)2)40-28(3,41-24)17-7-5-16(6-8-17)27(39)36-12-18(13-36)29(31,32)33/h9-10,16-18H,5-8,11-13H2,1-4H3,(H,34,37)(H,35,38). The summed E-state index contributed by atoms with van der Waals surface area (Å²) in [4.78, 5) is 43.3. The number of alkyl halides is 3. The number of hydrogen-bond acceptors (Lipinski definition) is 6. The van der Waals surface area contributed by atoms with E-state index >= 15 is 0 Å². The lowest BCUT2D eigenvalue weighted by atomic mass is 9.77. The molecule has 228 valence electrons. The molecule has 1 atom stereocenters. The average Bonchev–Trinajstić information content (AvgIpc) is 3.27. The highest BCUT2D eigenvalue weighted by Gasteiger charge is 2.51. The van der Waals surface area contributed by atoms with E-state index in [-0.39, 0.29) is 48.0 Å². The van der Waals surface area contributed by atoms with Gasteiger partial charge in [-0.05, 0) is 57.9 Å². The fourth-order valence-corrected chi connectivity index (χ4v) is 6.98. The maximum absolute atomic E-state index is 13.2. The topological polar surface area (TPSA) is 101 Å². The highest BCUT2D eigenvalue weighted by atomic mass is 35.5. The number of rotatable bonds is 6. The maximum atomic E-state index is 13.2. The van der Waals surface area contributed by atoms with Gasteiger partial charge in [0.15, 0.2) is 11.5 Å². The highest BCUT2D eigenvalue weighted by Crippen LogP contribution is 2.52. The molecule has 0 radical (unpaired) electrons. The predicted octanol–water partition coefficient (Wildman–Crippen LogP) is 5.61. The van der Waals surface area contributed by atoms with Gasteiger partial charge in [0.25, 0.3) is 17.3 Å². The van der Waals surface area contributed by atoms with E-state index < -0.39 is 23.8 Å². The van der Waals surface area contributed by atoms with Crippen molar-refractivity contribution in [3.8, 4) is 11.5 Å². The molecule has 2 aliphatic heterocycles. The van der Waals surface area contributed by atoms with Gasteiger partial charge < -0.3 is 24.7 Å². The summed E-state index contributed by atoms with van der Waals surface area (Å²) in [6, 6.07) is 3.38. The van der Waals surface area contributed by atoms with E-state index in [1.165, 1.54) is 22.7 Å². The lowest BCUT2D eigenvalue weighted by molar-refractivity contribution is -0.211. The molecular weight excluding hydrogens is 595 g/mol. The zero-order valence-corrected chi connectivity index (χ0v) is 25.3. The SMILES string of the molecule is CSc1cc(C)[nH]c(=O)c1CNC(=O)c1cc(Cl)c2c(c1C)OC(C)(C1CCC(C(=O)N3CC(C(F)(F)F)C3)CC1)O2. The van der Waals surface area contributed by atoms with Crippen molar-refractivity contribution < 1.29 is 32.2 Å². The molecule has 2 aromatic rings. The second-order valence-corrected chi connectivity index (χ2v) is 12.7. The molecule has 1 aliphatic carbocycles. The van der Waals surface area contributed by atoms with Gasteiger partial charge in [-0.3, -0.25) is 14.4 Å². The number of benzene rings is 1. The molecule has 2 N–H and O–H groups in total. The number of likely N-dealkylation sites (tertiary alicyclic amines) is 1. The van der Waals surface area contributed by atoms with Gasteiger partial charge in [0, 0.05) is 65.7 Å². The Hall–Kier alpha value is -2.86. The van der Waals surface area contributed by atoms with E-state index in [1.54, 1.807) is 20.8 Å². The minimum Gasteiger partial charge on any atom is -0.448 e. The second kappa shape index (κ2) is 11.3. The number of hydrogen-bond donors (Lipinski definition) is 2. The largest absolute Gasteiger partial charge is 0.448 e. The van der Waals surface area contributed by atoms with Crippen LogP contribution in [0.3, 0.4) is 0 Å². The minimum atomic E-state index is -4.27. The zero-order chi connectivity index (χ0) is 30.6. The molecule has 13 heteroatoms. The van der Waals surface area contributed by atoms with Crippen LogP contribution in [0.4, 0.5) is 13.2 Å². The third kappa shape index (κ3) is 5.71. The van der Waals surface area contributed by atoms with E-state index in [9.17, 15) is 27.6 Å². The molecule has 42 heavy (non-hydrogen) atoms. The van der Waals surface area contributed by atoms with Gasteiger partial charge in [-0.2, -0.15) is 13.2 Å². The Bertz CT molecular complexity index is 1470. The first-order chi connectivity index (χ1) is 19.7. The van der Waals surface area contributed by atoms with Crippen molar-refractivity contribution in [2.45, 2.75) is 69.9 Å². The molecule has 1 saturated heterocycles.